The number of benzene rings is 1. The van der Waals surface area contributed by atoms with Crippen LogP contribution in [0, 0.1) is 0 Å². The Hall–Kier alpha value is -2.37. The number of pyridine rings is 2. The molecule has 0 N–H and O–H groups in total. The van der Waals surface area contributed by atoms with Crippen molar-refractivity contribution in [1.29, 1.82) is 0 Å². The number of halogens is 1. The van der Waals surface area contributed by atoms with Gasteiger partial charge in [-0.15, -0.1) is 11.8 Å². The van der Waals surface area contributed by atoms with Crippen molar-refractivity contribution in [2.75, 3.05) is 11.9 Å². The van der Waals surface area contributed by atoms with E-state index in [-0.39, 0.29) is 5.91 Å². The van der Waals surface area contributed by atoms with Gasteiger partial charge in [0, 0.05) is 49.1 Å². The average molecular weight is 396 g/mol. The second kappa shape index (κ2) is 7.71. The number of hydrogen-bond acceptors (Lipinski definition) is 4. The number of nitrogens with zero attached hydrogens (tertiary/aromatic N) is 3. The Balaban J connectivity index is 1.56. The van der Waals surface area contributed by atoms with E-state index in [4.69, 9.17) is 11.6 Å². The Morgan fingerprint density at radius 1 is 1.15 bits per heavy atom. The highest BCUT2D eigenvalue weighted by Gasteiger charge is 2.21. The van der Waals surface area contributed by atoms with Crippen molar-refractivity contribution in [2.24, 2.45) is 0 Å². The van der Waals surface area contributed by atoms with Crippen molar-refractivity contribution in [2.45, 2.75) is 23.6 Å². The lowest BCUT2D eigenvalue weighted by Crippen LogP contribution is -2.30. The van der Waals surface area contributed by atoms with Gasteiger partial charge >= 0.3 is 0 Å². The molecule has 0 atom stereocenters. The summed E-state index contributed by atoms with van der Waals surface area (Å²) in [6.45, 7) is 0. The zero-order valence-electron chi connectivity index (χ0n) is 14.9. The minimum atomic E-state index is 0.170. The van der Waals surface area contributed by atoms with Crippen LogP contribution in [0.4, 0.5) is 5.69 Å². The number of aryl methyl sites for hydroxylation is 1. The van der Waals surface area contributed by atoms with Gasteiger partial charge in [0.05, 0.1) is 5.02 Å². The number of carbonyl (C=O) groups is 1. The maximum atomic E-state index is 11.9. The number of carbonyl (C=O) groups excluding carboxylic acids is 1. The van der Waals surface area contributed by atoms with Crippen LogP contribution in [0.2, 0.25) is 5.02 Å². The van der Waals surface area contributed by atoms with Gasteiger partial charge in [-0.2, -0.15) is 0 Å². The SMILES string of the molecule is CN1C(=O)CCc2cc(-c3cncc(CSc4ncccc4Cl)c3)ccc21. The molecular formula is C21H18ClN3OS. The van der Waals surface area contributed by atoms with Gasteiger partial charge in [0.2, 0.25) is 5.91 Å². The normalized spacial score (nSPS) is 13.6. The molecule has 0 aliphatic carbocycles. The van der Waals surface area contributed by atoms with Crippen molar-refractivity contribution in [3.05, 3.63) is 71.1 Å². The summed E-state index contributed by atoms with van der Waals surface area (Å²) in [5, 5.41) is 1.49. The van der Waals surface area contributed by atoms with Gasteiger partial charge in [-0.05, 0) is 53.4 Å². The van der Waals surface area contributed by atoms with Crippen LogP contribution in [0.25, 0.3) is 11.1 Å². The highest BCUT2D eigenvalue weighted by molar-refractivity contribution is 7.98. The first kappa shape index (κ1) is 18.0. The van der Waals surface area contributed by atoms with Gasteiger partial charge in [0.1, 0.15) is 5.03 Å². The fourth-order valence-electron chi connectivity index (χ4n) is 3.19. The molecule has 4 rings (SSSR count). The maximum absolute atomic E-state index is 11.9. The topological polar surface area (TPSA) is 46.1 Å². The Morgan fingerprint density at radius 2 is 2.04 bits per heavy atom. The highest BCUT2D eigenvalue weighted by atomic mass is 35.5. The van der Waals surface area contributed by atoms with E-state index >= 15 is 0 Å². The van der Waals surface area contributed by atoms with E-state index in [0.717, 1.165) is 39.6 Å². The van der Waals surface area contributed by atoms with E-state index in [2.05, 4.69) is 28.2 Å². The van der Waals surface area contributed by atoms with Gasteiger partial charge in [-0.3, -0.25) is 9.78 Å². The Kier molecular flexibility index (Phi) is 5.14. The lowest BCUT2D eigenvalue weighted by atomic mass is 9.96. The summed E-state index contributed by atoms with van der Waals surface area (Å²) in [7, 11) is 1.84. The van der Waals surface area contributed by atoms with Crippen LogP contribution in [0.5, 0.6) is 0 Å². The van der Waals surface area contributed by atoms with Crippen molar-refractivity contribution in [3.8, 4) is 11.1 Å². The molecule has 1 aliphatic heterocycles. The summed E-state index contributed by atoms with van der Waals surface area (Å²) in [6, 6.07) is 12.1. The largest absolute Gasteiger partial charge is 0.315 e. The fraction of sp³-hybridized carbons (Fsp3) is 0.190. The fourth-order valence-corrected chi connectivity index (χ4v) is 4.28. The van der Waals surface area contributed by atoms with Crippen molar-refractivity contribution in [3.63, 3.8) is 0 Å². The third-order valence-electron chi connectivity index (χ3n) is 4.65. The van der Waals surface area contributed by atoms with Crippen molar-refractivity contribution < 1.29 is 4.79 Å². The molecule has 1 aromatic carbocycles. The molecule has 27 heavy (non-hydrogen) atoms. The predicted molar refractivity (Wildman–Crippen MR) is 110 cm³/mol. The van der Waals surface area contributed by atoms with Gasteiger partial charge < -0.3 is 4.90 Å². The first-order valence-corrected chi connectivity index (χ1v) is 10.1. The van der Waals surface area contributed by atoms with Crippen LogP contribution in [0.3, 0.4) is 0 Å². The molecule has 3 aromatic rings. The first-order chi connectivity index (χ1) is 13.1. The van der Waals surface area contributed by atoms with Crippen LogP contribution in [-0.2, 0) is 17.0 Å². The molecule has 4 nitrogen and oxygen atoms in total. The second-order valence-corrected chi connectivity index (χ2v) is 7.83. The van der Waals surface area contributed by atoms with Crippen LogP contribution in [-0.4, -0.2) is 22.9 Å². The van der Waals surface area contributed by atoms with Crippen LogP contribution in [0.1, 0.15) is 17.5 Å². The molecule has 0 saturated carbocycles. The minimum absolute atomic E-state index is 0.170. The average Bonchev–Trinajstić information content (AvgIpc) is 2.70. The Bertz CT molecular complexity index is 1010. The standard InChI is InChI=1S/C21H18ClN3OS/c1-25-19-6-4-15(10-16(19)5-7-20(25)26)17-9-14(11-23-12-17)13-27-21-18(22)3-2-8-24-21/h2-4,6,8-12H,5,7,13H2,1H3. The smallest absolute Gasteiger partial charge is 0.227 e. The van der Waals surface area contributed by atoms with Crippen molar-refractivity contribution in [1.82, 2.24) is 9.97 Å². The molecule has 136 valence electrons. The molecule has 0 bridgehead atoms. The summed E-state index contributed by atoms with van der Waals surface area (Å²) < 4.78 is 0. The zero-order valence-corrected chi connectivity index (χ0v) is 16.4. The van der Waals surface area contributed by atoms with Crippen LogP contribution < -0.4 is 4.90 Å². The van der Waals surface area contributed by atoms with E-state index in [0.29, 0.717) is 11.4 Å². The molecule has 1 aliphatic rings. The maximum Gasteiger partial charge on any atom is 0.227 e. The van der Waals surface area contributed by atoms with Crippen LogP contribution >= 0.6 is 23.4 Å². The summed E-state index contributed by atoms with van der Waals surface area (Å²) in [4.78, 5) is 22.3. The monoisotopic (exact) mass is 395 g/mol. The lowest BCUT2D eigenvalue weighted by molar-refractivity contribution is -0.118. The van der Waals surface area contributed by atoms with Crippen LogP contribution in [0.15, 0.2) is 60.0 Å². The quantitative estimate of drug-likeness (QED) is 0.583. The lowest BCUT2D eigenvalue weighted by Gasteiger charge is -2.26. The summed E-state index contributed by atoms with van der Waals surface area (Å²) in [5.74, 6) is 0.920. The molecular weight excluding hydrogens is 378 g/mol. The first-order valence-electron chi connectivity index (χ1n) is 8.69. The molecule has 1 amide bonds. The van der Waals surface area contributed by atoms with Gasteiger partial charge in [-0.25, -0.2) is 4.98 Å². The third-order valence-corrected chi connectivity index (χ3v) is 6.15. The number of hydrogen-bond donors (Lipinski definition) is 0. The van der Waals surface area contributed by atoms with E-state index in [1.165, 1.54) is 5.56 Å². The number of thioether (sulfide) groups is 1. The van der Waals surface area contributed by atoms with E-state index in [9.17, 15) is 4.79 Å². The van der Waals surface area contributed by atoms with E-state index in [1.807, 2.05) is 37.6 Å². The molecule has 0 radical (unpaired) electrons. The van der Waals surface area contributed by atoms with E-state index < -0.39 is 0 Å². The Labute approximate surface area is 167 Å². The van der Waals surface area contributed by atoms with Gasteiger partial charge in [0.25, 0.3) is 0 Å². The molecule has 0 spiro atoms. The summed E-state index contributed by atoms with van der Waals surface area (Å²) in [5.41, 5.74) is 5.51. The van der Waals surface area contributed by atoms with E-state index in [1.54, 1.807) is 22.9 Å². The molecule has 2 aromatic heterocycles. The highest BCUT2D eigenvalue weighted by Crippen LogP contribution is 2.32. The molecule has 0 saturated heterocycles. The number of anilines is 1. The molecule has 3 heterocycles. The van der Waals surface area contributed by atoms with Gasteiger partial charge in [0.15, 0.2) is 0 Å². The number of fused-ring (bicyclic) bond motifs is 1. The molecule has 6 heteroatoms. The van der Waals surface area contributed by atoms with Crippen molar-refractivity contribution >= 4 is 35.0 Å². The summed E-state index contributed by atoms with van der Waals surface area (Å²) in [6.07, 6.45) is 6.84. The van der Waals surface area contributed by atoms with Gasteiger partial charge in [-0.1, -0.05) is 17.7 Å². The number of amides is 1. The zero-order chi connectivity index (χ0) is 18.8. The predicted octanol–water partition coefficient (Wildman–Crippen LogP) is 5.00. The molecule has 0 unspecified atom stereocenters. The molecule has 0 fully saturated rings. The minimum Gasteiger partial charge on any atom is -0.315 e. The Morgan fingerprint density at radius 3 is 2.89 bits per heavy atom. The third kappa shape index (κ3) is 3.84. The second-order valence-electron chi connectivity index (χ2n) is 6.46. The summed E-state index contributed by atoms with van der Waals surface area (Å²) >= 11 is 7.78. The number of aromatic nitrogens is 2. The number of rotatable bonds is 4.